The maximum Gasteiger partial charge on any atom is 0.131 e. The number of piperidine rings is 1. The van der Waals surface area contributed by atoms with Crippen LogP contribution in [0.4, 0.5) is 11.5 Å². The Labute approximate surface area is 96.4 Å². The summed E-state index contributed by atoms with van der Waals surface area (Å²) in [6, 6.07) is 1.97. The lowest BCUT2D eigenvalue weighted by molar-refractivity contribution is 0.0891. The Balaban J connectivity index is 2.16. The van der Waals surface area contributed by atoms with Crippen LogP contribution < -0.4 is 10.6 Å². The van der Waals surface area contributed by atoms with Gasteiger partial charge in [-0.3, -0.25) is 0 Å². The molecular weight excluding hydrogens is 202 g/mol. The van der Waals surface area contributed by atoms with Crippen LogP contribution in [0.1, 0.15) is 18.4 Å². The molecular formula is C12H19N3O. The second-order valence-corrected chi connectivity index (χ2v) is 4.36. The van der Waals surface area contributed by atoms with Gasteiger partial charge in [0.25, 0.3) is 0 Å². The molecule has 1 aliphatic rings. The van der Waals surface area contributed by atoms with Crippen LogP contribution in [0, 0.1) is 6.92 Å². The molecule has 1 saturated heterocycles. The van der Waals surface area contributed by atoms with Gasteiger partial charge in [0.05, 0.1) is 18.0 Å². The normalized spacial score (nSPS) is 21.1. The Morgan fingerprint density at radius 3 is 3.06 bits per heavy atom. The maximum absolute atomic E-state index is 5.70. The minimum absolute atomic E-state index is 0.326. The Bertz CT molecular complexity index is 367. The summed E-state index contributed by atoms with van der Waals surface area (Å²) in [4.78, 5) is 6.70. The van der Waals surface area contributed by atoms with Gasteiger partial charge >= 0.3 is 0 Å². The number of nitrogens with zero attached hydrogens (tertiary/aromatic N) is 2. The van der Waals surface area contributed by atoms with Gasteiger partial charge in [-0.25, -0.2) is 4.98 Å². The van der Waals surface area contributed by atoms with Crippen LogP contribution >= 0.6 is 0 Å². The van der Waals surface area contributed by atoms with Gasteiger partial charge in [0, 0.05) is 20.2 Å². The number of nitrogen functional groups attached to an aromatic ring is 1. The van der Waals surface area contributed by atoms with Crippen LogP contribution in [-0.2, 0) is 4.74 Å². The molecule has 1 aromatic heterocycles. The second kappa shape index (κ2) is 4.70. The van der Waals surface area contributed by atoms with Crippen molar-refractivity contribution >= 4 is 11.5 Å². The maximum atomic E-state index is 5.70. The third-order valence-corrected chi connectivity index (χ3v) is 3.08. The molecule has 0 saturated carbocycles. The van der Waals surface area contributed by atoms with Crippen molar-refractivity contribution in [3.05, 3.63) is 17.8 Å². The zero-order valence-corrected chi connectivity index (χ0v) is 9.94. The Hall–Kier alpha value is -1.29. The van der Waals surface area contributed by atoms with E-state index in [1.54, 1.807) is 13.3 Å². The van der Waals surface area contributed by atoms with Crippen molar-refractivity contribution in [2.24, 2.45) is 0 Å². The summed E-state index contributed by atoms with van der Waals surface area (Å²) in [6.45, 7) is 4.03. The highest BCUT2D eigenvalue weighted by Gasteiger charge is 2.21. The first-order valence-corrected chi connectivity index (χ1v) is 5.70. The van der Waals surface area contributed by atoms with Crippen molar-refractivity contribution in [1.82, 2.24) is 4.98 Å². The van der Waals surface area contributed by atoms with E-state index < -0.39 is 0 Å². The molecule has 0 aliphatic carbocycles. The number of anilines is 2. The molecule has 1 fully saturated rings. The lowest BCUT2D eigenvalue weighted by Gasteiger charge is -2.33. The molecule has 16 heavy (non-hydrogen) atoms. The monoisotopic (exact) mass is 221 g/mol. The fourth-order valence-electron chi connectivity index (χ4n) is 2.24. The number of nitrogens with two attached hydrogens (primary N) is 1. The van der Waals surface area contributed by atoms with Crippen molar-refractivity contribution in [2.75, 3.05) is 30.8 Å². The van der Waals surface area contributed by atoms with E-state index in [4.69, 9.17) is 10.5 Å². The molecule has 0 radical (unpaired) electrons. The summed E-state index contributed by atoms with van der Waals surface area (Å²) in [5.74, 6) is 1.04. The van der Waals surface area contributed by atoms with Crippen LogP contribution in [0.25, 0.3) is 0 Å². The molecule has 0 amide bonds. The highest BCUT2D eigenvalue weighted by Crippen LogP contribution is 2.23. The minimum atomic E-state index is 0.326. The SMILES string of the molecule is COC1CCCN(c2ncc(N)cc2C)C1. The topological polar surface area (TPSA) is 51.4 Å². The van der Waals surface area contributed by atoms with Gasteiger partial charge in [0.2, 0.25) is 0 Å². The van der Waals surface area contributed by atoms with E-state index in [-0.39, 0.29) is 0 Å². The number of pyridine rings is 1. The molecule has 88 valence electrons. The van der Waals surface area contributed by atoms with E-state index in [2.05, 4.69) is 16.8 Å². The summed E-state index contributed by atoms with van der Waals surface area (Å²) >= 11 is 0. The first-order valence-electron chi connectivity index (χ1n) is 5.70. The van der Waals surface area contributed by atoms with E-state index in [0.717, 1.165) is 43.0 Å². The van der Waals surface area contributed by atoms with Crippen molar-refractivity contribution in [2.45, 2.75) is 25.9 Å². The van der Waals surface area contributed by atoms with E-state index in [0.29, 0.717) is 6.10 Å². The van der Waals surface area contributed by atoms with Crippen molar-refractivity contribution < 1.29 is 4.74 Å². The number of hydrogen-bond donors (Lipinski definition) is 1. The predicted molar refractivity (Wildman–Crippen MR) is 65.6 cm³/mol. The molecule has 2 rings (SSSR count). The molecule has 4 heteroatoms. The zero-order chi connectivity index (χ0) is 11.5. The molecule has 1 unspecified atom stereocenters. The third-order valence-electron chi connectivity index (χ3n) is 3.08. The quantitative estimate of drug-likeness (QED) is 0.824. The van der Waals surface area contributed by atoms with Crippen LogP contribution in [0.3, 0.4) is 0 Å². The van der Waals surface area contributed by atoms with E-state index in [1.807, 2.05) is 6.07 Å². The van der Waals surface area contributed by atoms with Gasteiger partial charge in [-0.15, -0.1) is 0 Å². The molecule has 0 spiro atoms. The van der Waals surface area contributed by atoms with Gasteiger partial charge in [-0.1, -0.05) is 0 Å². The van der Waals surface area contributed by atoms with Crippen molar-refractivity contribution in [1.29, 1.82) is 0 Å². The predicted octanol–water partition coefficient (Wildman–Crippen LogP) is 1.59. The smallest absolute Gasteiger partial charge is 0.131 e. The summed E-state index contributed by atoms with van der Waals surface area (Å²) in [5.41, 5.74) is 7.56. The van der Waals surface area contributed by atoms with Gasteiger partial charge in [-0.2, -0.15) is 0 Å². The Morgan fingerprint density at radius 1 is 1.56 bits per heavy atom. The van der Waals surface area contributed by atoms with E-state index >= 15 is 0 Å². The van der Waals surface area contributed by atoms with Gasteiger partial charge in [-0.05, 0) is 31.4 Å². The third kappa shape index (κ3) is 2.27. The molecule has 1 aromatic rings. The molecule has 0 bridgehead atoms. The zero-order valence-electron chi connectivity index (χ0n) is 9.94. The van der Waals surface area contributed by atoms with Crippen molar-refractivity contribution in [3.8, 4) is 0 Å². The summed E-state index contributed by atoms with van der Waals surface area (Å²) in [6.07, 6.45) is 4.34. The summed E-state index contributed by atoms with van der Waals surface area (Å²) in [5, 5.41) is 0. The number of aryl methyl sites for hydroxylation is 1. The lowest BCUT2D eigenvalue weighted by Crippen LogP contribution is -2.40. The lowest BCUT2D eigenvalue weighted by atomic mass is 10.1. The fourth-order valence-corrected chi connectivity index (χ4v) is 2.24. The summed E-state index contributed by atoms with van der Waals surface area (Å²) in [7, 11) is 1.78. The fraction of sp³-hybridized carbons (Fsp3) is 0.583. The van der Waals surface area contributed by atoms with E-state index in [9.17, 15) is 0 Å². The van der Waals surface area contributed by atoms with Crippen molar-refractivity contribution in [3.63, 3.8) is 0 Å². The molecule has 0 aromatic carbocycles. The van der Waals surface area contributed by atoms with Gasteiger partial charge in [0.15, 0.2) is 0 Å². The Kier molecular flexibility index (Phi) is 3.29. The number of hydrogen-bond acceptors (Lipinski definition) is 4. The number of ether oxygens (including phenoxy) is 1. The standard InChI is InChI=1S/C12H19N3O/c1-9-6-10(13)7-14-12(9)15-5-3-4-11(8-15)16-2/h6-7,11H,3-5,8,13H2,1-2H3. The largest absolute Gasteiger partial charge is 0.397 e. The number of methoxy groups -OCH3 is 1. The van der Waals surface area contributed by atoms with Crippen LogP contribution in [0.15, 0.2) is 12.3 Å². The highest BCUT2D eigenvalue weighted by atomic mass is 16.5. The highest BCUT2D eigenvalue weighted by molar-refractivity contribution is 5.52. The molecule has 4 nitrogen and oxygen atoms in total. The number of aromatic nitrogens is 1. The summed E-state index contributed by atoms with van der Waals surface area (Å²) < 4.78 is 5.41. The number of rotatable bonds is 2. The van der Waals surface area contributed by atoms with Crippen LogP contribution in [0.2, 0.25) is 0 Å². The minimum Gasteiger partial charge on any atom is -0.397 e. The molecule has 2 heterocycles. The van der Waals surface area contributed by atoms with Gasteiger partial charge in [0.1, 0.15) is 5.82 Å². The van der Waals surface area contributed by atoms with Crippen LogP contribution in [-0.4, -0.2) is 31.3 Å². The molecule has 1 aliphatic heterocycles. The first kappa shape index (κ1) is 11.2. The van der Waals surface area contributed by atoms with Gasteiger partial charge < -0.3 is 15.4 Å². The van der Waals surface area contributed by atoms with Crippen LogP contribution in [0.5, 0.6) is 0 Å². The average Bonchev–Trinajstić information content (AvgIpc) is 2.29. The average molecular weight is 221 g/mol. The molecule has 1 atom stereocenters. The second-order valence-electron chi connectivity index (χ2n) is 4.36. The Morgan fingerprint density at radius 2 is 2.38 bits per heavy atom. The first-order chi connectivity index (χ1) is 7.70. The van der Waals surface area contributed by atoms with E-state index in [1.165, 1.54) is 0 Å². The molecule has 2 N–H and O–H groups in total.